The summed E-state index contributed by atoms with van der Waals surface area (Å²) in [7, 11) is 0. The van der Waals surface area contributed by atoms with Crippen LogP contribution in [0, 0.1) is 6.92 Å². The zero-order chi connectivity index (χ0) is 10.0. The van der Waals surface area contributed by atoms with Gasteiger partial charge in [0.1, 0.15) is 11.9 Å². The number of hydrogen-bond acceptors (Lipinski definition) is 3. The average molecular weight is 183 g/mol. The highest BCUT2D eigenvalue weighted by Crippen LogP contribution is 2.15. The average Bonchev–Trinajstić information content (AvgIpc) is 2.31. The van der Waals surface area contributed by atoms with Gasteiger partial charge in [-0.25, -0.2) is 4.79 Å². The van der Waals surface area contributed by atoms with E-state index in [2.05, 4.69) is 5.10 Å². The fourth-order valence-electron chi connectivity index (χ4n) is 1.28. The Morgan fingerprint density at radius 2 is 2.46 bits per heavy atom. The molecule has 0 aliphatic rings. The molecule has 0 saturated heterocycles. The molecule has 0 saturated carbocycles. The second kappa shape index (κ2) is 3.47. The SMILES string of the molecule is CC[C@@H](C(=O)O)n1nc(N)cc1C. The highest BCUT2D eigenvalue weighted by molar-refractivity contribution is 5.71. The Hall–Kier alpha value is -1.52. The lowest BCUT2D eigenvalue weighted by Crippen LogP contribution is -2.20. The number of carboxylic acid groups (broad SMARTS) is 1. The first-order chi connectivity index (χ1) is 6.06. The van der Waals surface area contributed by atoms with E-state index in [0.29, 0.717) is 12.2 Å². The standard InChI is InChI=1S/C8H13N3O2/c1-3-6(8(12)13)11-5(2)4-7(9)10-11/h4,6H,3H2,1-2H3,(H2,9,10)(H,12,13)/t6-/m0/s1. The number of anilines is 1. The number of carbonyl (C=O) groups is 1. The third-order valence-corrected chi connectivity index (χ3v) is 1.91. The summed E-state index contributed by atoms with van der Waals surface area (Å²) in [5.74, 6) is -0.522. The van der Waals surface area contributed by atoms with Gasteiger partial charge in [-0.15, -0.1) is 0 Å². The maximum atomic E-state index is 10.8. The largest absolute Gasteiger partial charge is 0.480 e. The van der Waals surface area contributed by atoms with Crippen molar-refractivity contribution < 1.29 is 9.90 Å². The number of nitrogen functional groups attached to an aromatic ring is 1. The van der Waals surface area contributed by atoms with Crippen molar-refractivity contribution in [3.63, 3.8) is 0 Å². The van der Waals surface area contributed by atoms with Gasteiger partial charge in [0.25, 0.3) is 0 Å². The Morgan fingerprint density at radius 1 is 1.85 bits per heavy atom. The van der Waals surface area contributed by atoms with Crippen LogP contribution in [-0.2, 0) is 4.79 Å². The summed E-state index contributed by atoms with van der Waals surface area (Å²) in [4.78, 5) is 10.8. The van der Waals surface area contributed by atoms with E-state index in [4.69, 9.17) is 10.8 Å². The predicted molar refractivity (Wildman–Crippen MR) is 48.3 cm³/mol. The molecule has 0 bridgehead atoms. The van der Waals surface area contributed by atoms with Crippen molar-refractivity contribution in [2.24, 2.45) is 0 Å². The van der Waals surface area contributed by atoms with Crippen LogP contribution in [0.4, 0.5) is 5.82 Å². The van der Waals surface area contributed by atoms with E-state index in [1.165, 1.54) is 4.68 Å². The molecule has 1 rings (SSSR count). The van der Waals surface area contributed by atoms with Crippen molar-refractivity contribution in [2.45, 2.75) is 26.3 Å². The van der Waals surface area contributed by atoms with Crippen LogP contribution in [0.5, 0.6) is 0 Å². The van der Waals surface area contributed by atoms with Crippen LogP contribution in [0.25, 0.3) is 0 Å². The van der Waals surface area contributed by atoms with Gasteiger partial charge in [-0.1, -0.05) is 6.92 Å². The molecule has 1 heterocycles. The second-order valence-electron chi connectivity index (χ2n) is 2.92. The Balaban J connectivity index is 3.04. The molecule has 5 nitrogen and oxygen atoms in total. The Morgan fingerprint density at radius 3 is 2.77 bits per heavy atom. The Kier molecular flexibility index (Phi) is 2.55. The summed E-state index contributed by atoms with van der Waals surface area (Å²) in [5, 5.41) is 12.8. The molecule has 0 radical (unpaired) electrons. The number of nitrogens with two attached hydrogens (primary N) is 1. The lowest BCUT2D eigenvalue weighted by molar-refractivity contribution is -0.141. The zero-order valence-corrected chi connectivity index (χ0v) is 7.69. The fourth-order valence-corrected chi connectivity index (χ4v) is 1.28. The Labute approximate surface area is 76.2 Å². The molecule has 1 atom stereocenters. The van der Waals surface area contributed by atoms with Gasteiger partial charge in [-0.2, -0.15) is 5.10 Å². The first kappa shape index (κ1) is 9.57. The minimum atomic E-state index is -0.881. The summed E-state index contributed by atoms with van der Waals surface area (Å²) in [5.41, 5.74) is 6.22. The summed E-state index contributed by atoms with van der Waals surface area (Å²) >= 11 is 0. The quantitative estimate of drug-likeness (QED) is 0.726. The molecule has 1 aromatic rings. The number of rotatable bonds is 3. The van der Waals surface area contributed by atoms with Crippen molar-refractivity contribution in [1.82, 2.24) is 9.78 Å². The molecule has 0 fully saturated rings. The lowest BCUT2D eigenvalue weighted by atomic mass is 10.2. The van der Waals surface area contributed by atoms with E-state index in [0.717, 1.165) is 5.69 Å². The number of nitrogens with zero attached hydrogens (tertiary/aromatic N) is 2. The maximum Gasteiger partial charge on any atom is 0.328 e. The highest BCUT2D eigenvalue weighted by atomic mass is 16.4. The van der Waals surface area contributed by atoms with Gasteiger partial charge in [0.15, 0.2) is 0 Å². The number of aryl methyl sites for hydroxylation is 1. The number of hydrogen-bond donors (Lipinski definition) is 2. The van der Waals surface area contributed by atoms with E-state index >= 15 is 0 Å². The molecule has 0 spiro atoms. The van der Waals surface area contributed by atoms with E-state index in [1.807, 2.05) is 0 Å². The molecule has 0 amide bonds. The van der Waals surface area contributed by atoms with Crippen LogP contribution in [-0.4, -0.2) is 20.9 Å². The van der Waals surface area contributed by atoms with Crippen LogP contribution in [0.1, 0.15) is 25.1 Å². The fraction of sp³-hybridized carbons (Fsp3) is 0.500. The van der Waals surface area contributed by atoms with Crippen LogP contribution in [0.15, 0.2) is 6.07 Å². The van der Waals surface area contributed by atoms with Crippen LogP contribution in [0.2, 0.25) is 0 Å². The summed E-state index contributed by atoms with van der Waals surface area (Å²) < 4.78 is 1.44. The lowest BCUT2D eigenvalue weighted by Gasteiger charge is -2.11. The van der Waals surface area contributed by atoms with Gasteiger partial charge in [-0.05, 0) is 13.3 Å². The van der Waals surface area contributed by atoms with Crippen molar-refractivity contribution >= 4 is 11.8 Å². The minimum absolute atomic E-state index is 0.359. The minimum Gasteiger partial charge on any atom is -0.480 e. The van der Waals surface area contributed by atoms with Gasteiger partial charge in [0, 0.05) is 11.8 Å². The molecule has 5 heteroatoms. The summed E-state index contributed by atoms with van der Waals surface area (Å²) in [6, 6.07) is 1.04. The van der Waals surface area contributed by atoms with Gasteiger partial charge < -0.3 is 10.8 Å². The molecular weight excluding hydrogens is 170 g/mol. The second-order valence-corrected chi connectivity index (χ2v) is 2.92. The van der Waals surface area contributed by atoms with E-state index in [9.17, 15) is 4.79 Å². The molecular formula is C8H13N3O2. The zero-order valence-electron chi connectivity index (χ0n) is 7.69. The van der Waals surface area contributed by atoms with E-state index < -0.39 is 12.0 Å². The van der Waals surface area contributed by atoms with Gasteiger partial charge in [0.2, 0.25) is 0 Å². The van der Waals surface area contributed by atoms with E-state index in [-0.39, 0.29) is 0 Å². The first-order valence-electron chi connectivity index (χ1n) is 4.10. The molecule has 0 aliphatic heterocycles. The van der Waals surface area contributed by atoms with E-state index in [1.54, 1.807) is 19.9 Å². The number of aromatic nitrogens is 2. The van der Waals surface area contributed by atoms with Gasteiger partial charge in [-0.3, -0.25) is 4.68 Å². The summed E-state index contributed by atoms with van der Waals surface area (Å²) in [6.07, 6.45) is 0.497. The summed E-state index contributed by atoms with van der Waals surface area (Å²) in [6.45, 7) is 3.59. The smallest absolute Gasteiger partial charge is 0.328 e. The highest BCUT2D eigenvalue weighted by Gasteiger charge is 2.19. The normalized spacial score (nSPS) is 12.8. The topological polar surface area (TPSA) is 81.1 Å². The molecule has 1 aromatic heterocycles. The van der Waals surface area contributed by atoms with Crippen LogP contribution >= 0.6 is 0 Å². The maximum absolute atomic E-state index is 10.8. The number of aliphatic carboxylic acids is 1. The molecule has 0 unspecified atom stereocenters. The Bertz CT molecular complexity index is 319. The number of carboxylic acids is 1. The first-order valence-corrected chi connectivity index (χ1v) is 4.10. The third kappa shape index (κ3) is 1.80. The van der Waals surface area contributed by atoms with Crippen molar-refractivity contribution in [2.75, 3.05) is 5.73 Å². The molecule has 0 aliphatic carbocycles. The van der Waals surface area contributed by atoms with Gasteiger partial charge in [0.05, 0.1) is 0 Å². The molecule has 13 heavy (non-hydrogen) atoms. The van der Waals surface area contributed by atoms with Crippen molar-refractivity contribution in [3.8, 4) is 0 Å². The third-order valence-electron chi connectivity index (χ3n) is 1.91. The van der Waals surface area contributed by atoms with Crippen molar-refractivity contribution in [3.05, 3.63) is 11.8 Å². The predicted octanol–water partition coefficient (Wildman–Crippen LogP) is 0.809. The monoisotopic (exact) mass is 183 g/mol. The molecule has 0 aromatic carbocycles. The molecule has 3 N–H and O–H groups in total. The van der Waals surface area contributed by atoms with Crippen LogP contribution < -0.4 is 5.73 Å². The van der Waals surface area contributed by atoms with Crippen LogP contribution in [0.3, 0.4) is 0 Å². The van der Waals surface area contributed by atoms with Crippen molar-refractivity contribution in [1.29, 1.82) is 0 Å². The molecule has 72 valence electrons. The van der Waals surface area contributed by atoms with Gasteiger partial charge >= 0.3 is 5.97 Å².